The Labute approximate surface area is 77.2 Å². The van der Waals surface area contributed by atoms with E-state index in [0.29, 0.717) is 0 Å². The Bertz CT molecular complexity index is 145. The van der Waals surface area contributed by atoms with Crippen LogP contribution in [0, 0.1) is 0 Å². The third-order valence-corrected chi connectivity index (χ3v) is 2.19. The van der Waals surface area contributed by atoms with E-state index in [-0.39, 0.29) is 0 Å². The first kappa shape index (κ1) is 11.7. The quantitative estimate of drug-likeness (QED) is 0.381. The van der Waals surface area contributed by atoms with Crippen LogP contribution in [0.4, 0.5) is 9.18 Å². The maximum atomic E-state index is 12.0. The van der Waals surface area contributed by atoms with Crippen LogP contribution in [0.5, 0.6) is 0 Å². The predicted octanol–water partition coefficient (Wildman–Crippen LogP) is 2.30. The van der Waals surface area contributed by atoms with E-state index in [1.807, 2.05) is 11.4 Å². The van der Waals surface area contributed by atoms with Crippen LogP contribution in [0.25, 0.3) is 0 Å². The topological polar surface area (TPSA) is 23.6 Å². The first-order chi connectivity index (χ1) is 5.57. The molecule has 0 aromatic heterocycles. The molecule has 1 amide bonds. The highest BCUT2D eigenvalue weighted by molar-refractivity contribution is 7.95. The van der Waals surface area contributed by atoms with Crippen molar-refractivity contribution < 1.29 is 9.18 Å². The van der Waals surface area contributed by atoms with Gasteiger partial charge in [0.2, 0.25) is 0 Å². The molecule has 0 aromatic carbocycles. The number of hydrogen-bond acceptors (Lipinski definition) is 3. The third kappa shape index (κ3) is 5.37. The van der Waals surface area contributed by atoms with Gasteiger partial charge in [-0.05, 0) is 13.5 Å². The zero-order valence-corrected chi connectivity index (χ0v) is 8.53. The standard InChI is InChI=1S/C7H15FN2OS/c1-4-5-6-9(2)12-10(3)7(8)11/h4-6H2,1-3H3. The van der Waals surface area contributed by atoms with Gasteiger partial charge in [-0.25, -0.2) is 13.4 Å². The Morgan fingerprint density at radius 3 is 2.50 bits per heavy atom. The fourth-order valence-electron chi connectivity index (χ4n) is 0.663. The van der Waals surface area contributed by atoms with Gasteiger partial charge in [-0.2, -0.15) is 0 Å². The molecular weight excluding hydrogens is 179 g/mol. The molecule has 0 aromatic rings. The van der Waals surface area contributed by atoms with Crippen molar-refractivity contribution in [1.29, 1.82) is 0 Å². The summed E-state index contributed by atoms with van der Waals surface area (Å²) in [5.74, 6) is 0. The van der Waals surface area contributed by atoms with Crippen LogP contribution in [-0.4, -0.2) is 35.4 Å². The Morgan fingerprint density at radius 1 is 1.50 bits per heavy atom. The lowest BCUT2D eigenvalue weighted by atomic mass is 10.3. The van der Waals surface area contributed by atoms with Crippen LogP contribution in [-0.2, 0) is 0 Å². The van der Waals surface area contributed by atoms with Gasteiger partial charge in [-0.15, -0.1) is 4.39 Å². The Morgan fingerprint density at radius 2 is 2.08 bits per heavy atom. The van der Waals surface area contributed by atoms with Crippen molar-refractivity contribution >= 4 is 18.3 Å². The minimum absolute atomic E-state index is 0.860. The minimum Gasteiger partial charge on any atom is -0.248 e. The molecule has 0 bridgehead atoms. The van der Waals surface area contributed by atoms with Crippen molar-refractivity contribution in [2.75, 3.05) is 20.6 Å². The van der Waals surface area contributed by atoms with Crippen molar-refractivity contribution in [3.63, 3.8) is 0 Å². The first-order valence-electron chi connectivity index (χ1n) is 3.90. The summed E-state index contributed by atoms with van der Waals surface area (Å²) in [4.78, 5) is 10.2. The van der Waals surface area contributed by atoms with Crippen molar-refractivity contribution in [2.24, 2.45) is 0 Å². The Balaban J connectivity index is 3.53. The molecule has 0 unspecified atom stereocenters. The number of amides is 1. The van der Waals surface area contributed by atoms with Crippen LogP contribution >= 0.6 is 12.1 Å². The van der Waals surface area contributed by atoms with Crippen LogP contribution < -0.4 is 0 Å². The number of unbranched alkanes of at least 4 members (excludes halogenated alkanes) is 1. The van der Waals surface area contributed by atoms with E-state index in [1.165, 1.54) is 7.05 Å². The van der Waals surface area contributed by atoms with Crippen molar-refractivity contribution in [2.45, 2.75) is 19.8 Å². The van der Waals surface area contributed by atoms with Crippen molar-refractivity contribution in [3.05, 3.63) is 0 Å². The van der Waals surface area contributed by atoms with E-state index in [1.54, 1.807) is 0 Å². The summed E-state index contributed by atoms with van der Waals surface area (Å²) in [7, 11) is 3.25. The molecule has 0 saturated heterocycles. The van der Waals surface area contributed by atoms with E-state index in [9.17, 15) is 9.18 Å². The lowest BCUT2D eigenvalue weighted by Gasteiger charge is -2.19. The normalized spacial score (nSPS) is 10.4. The average Bonchev–Trinajstić information content (AvgIpc) is 2.00. The SMILES string of the molecule is CCCCN(C)SN(C)C(=O)F. The van der Waals surface area contributed by atoms with E-state index in [4.69, 9.17) is 0 Å². The van der Waals surface area contributed by atoms with Crippen molar-refractivity contribution in [1.82, 2.24) is 8.61 Å². The number of rotatable bonds is 5. The Hall–Kier alpha value is -0.290. The van der Waals surface area contributed by atoms with Gasteiger partial charge < -0.3 is 0 Å². The molecule has 72 valence electrons. The molecule has 5 heteroatoms. The number of halogens is 1. The molecule has 0 rings (SSSR count). The Kier molecular flexibility index (Phi) is 6.10. The van der Waals surface area contributed by atoms with Gasteiger partial charge >= 0.3 is 6.16 Å². The molecule has 0 fully saturated rings. The van der Waals surface area contributed by atoms with E-state index >= 15 is 0 Å². The van der Waals surface area contributed by atoms with Gasteiger partial charge in [-0.1, -0.05) is 13.3 Å². The third-order valence-electron chi connectivity index (χ3n) is 1.34. The summed E-state index contributed by atoms with van der Waals surface area (Å²) < 4.78 is 14.8. The van der Waals surface area contributed by atoms with Gasteiger partial charge in [0.1, 0.15) is 0 Å². The molecule has 0 radical (unpaired) electrons. The highest BCUT2D eigenvalue weighted by atomic mass is 32.2. The monoisotopic (exact) mass is 194 g/mol. The van der Waals surface area contributed by atoms with Crippen LogP contribution in [0.1, 0.15) is 19.8 Å². The lowest BCUT2D eigenvalue weighted by Crippen LogP contribution is -2.22. The zero-order valence-electron chi connectivity index (χ0n) is 7.71. The first-order valence-corrected chi connectivity index (χ1v) is 4.63. The van der Waals surface area contributed by atoms with Crippen LogP contribution in [0.15, 0.2) is 0 Å². The van der Waals surface area contributed by atoms with Gasteiger partial charge in [0, 0.05) is 25.7 Å². The predicted molar refractivity (Wildman–Crippen MR) is 49.4 cm³/mol. The lowest BCUT2D eigenvalue weighted by molar-refractivity contribution is 0.208. The van der Waals surface area contributed by atoms with E-state index in [0.717, 1.165) is 35.8 Å². The second-order valence-electron chi connectivity index (χ2n) is 2.54. The minimum atomic E-state index is -1.41. The fourth-order valence-corrected chi connectivity index (χ4v) is 1.36. The number of hydrogen-bond donors (Lipinski definition) is 0. The van der Waals surface area contributed by atoms with E-state index < -0.39 is 6.16 Å². The second kappa shape index (κ2) is 6.25. The maximum Gasteiger partial charge on any atom is 0.410 e. The van der Waals surface area contributed by atoms with Crippen molar-refractivity contribution in [3.8, 4) is 0 Å². The molecule has 12 heavy (non-hydrogen) atoms. The summed E-state index contributed by atoms with van der Waals surface area (Å²) in [5.41, 5.74) is 0. The zero-order chi connectivity index (χ0) is 9.56. The van der Waals surface area contributed by atoms with E-state index in [2.05, 4.69) is 6.92 Å². The molecule has 0 atom stereocenters. The molecule has 0 aliphatic rings. The summed E-state index contributed by atoms with van der Waals surface area (Å²) in [5, 5.41) is 0. The highest BCUT2D eigenvalue weighted by Gasteiger charge is 2.09. The molecular formula is C7H15FN2OS. The number of carbonyl (C=O) groups is 1. The van der Waals surface area contributed by atoms with Crippen LogP contribution in [0.3, 0.4) is 0 Å². The molecule has 3 nitrogen and oxygen atoms in total. The smallest absolute Gasteiger partial charge is 0.248 e. The maximum absolute atomic E-state index is 12.0. The molecule has 0 spiro atoms. The summed E-state index contributed by atoms with van der Waals surface area (Å²) in [6.07, 6.45) is 0.735. The average molecular weight is 194 g/mol. The fraction of sp³-hybridized carbons (Fsp3) is 0.857. The molecule has 0 saturated carbocycles. The van der Waals surface area contributed by atoms with Gasteiger partial charge in [0.15, 0.2) is 0 Å². The largest absolute Gasteiger partial charge is 0.410 e. The summed E-state index contributed by atoms with van der Waals surface area (Å²) in [6.45, 7) is 2.95. The number of carbonyl (C=O) groups excluding carboxylic acids is 1. The number of nitrogens with zero attached hydrogens (tertiary/aromatic N) is 2. The molecule has 0 N–H and O–H groups in total. The molecule has 0 heterocycles. The van der Waals surface area contributed by atoms with Gasteiger partial charge in [0.05, 0.1) is 0 Å². The van der Waals surface area contributed by atoms with Gasteiger partial charge in [0.25, 0.3) is 0 Å². The van der Waals surface area contributed by atoms with Gasteiger partial charge in [-0.3, -0.25) is 0 Å². The summed E-state index contributed by atoms with van der Waals surface area (Å²) >= 11 is 1.09. The molecule has 0 aliphatic heterocycles. The highest BCUT2D eigenvalue weighted by Crippen LogP contribution is 2.13. The summed E-state index contributed by atoms with van der Waals surface area (Å²) in [6, 6.07) is 0. The molecule has 0 aliphatic carbocycles. The van der Waals surface area contributed by atoms with Crippen LogP contribution in [0.2, 0.25) is 0 Å². The second-order valence-corrected chi connectivity index (χ2v) is 3.87.